The monoisotopic (exact) mass is 324 g/mol. The van der Waals surface area contributed by atoms with E-state index < -0.39 is 12.8 Å². The number of hydrogen-bond acceptors (Lipinski definition) is 3. The first-order chi connectivity index (χ1) is 9.96. The SMILES string of the molecule is CC.FC(F)(F)COc1cc(N2CCNCC2)ccc1Cl. The van der Waals surface area contributed by atoms with Gasteiger partial charge >= 0.3 is 6.18 Å². The Kier molecular flexibility index (Phi) is 7.11. The minimum atomic E-state index is -4.37. The molecule has 0 unspecified atom stereocenters. The molecule has 0 bridgehead atoms. The van der Waals surface area contributed by atoms with Crippen molar-refractivity contribution in [2.24, 2.45) is 0 Å². The fourth-order valence-electron chi connectivity index (χ4n) is 1.88. The Morgan fingerprint density at radius 1 is 1.24 bits per heavy atom. The molecule has 0 radical (unpaired) electrons. The first-order valence-corrected chi connectivity index (χ1v) is 7.28. The Balaban J connectivity index is 0.00000106. The summed E-state index contributed by atoms with van der Waals surface area (Å²) >= 11 is 5.84. The highest BCUT2D eigenvalue weighted by atomic mass is 35.5. The third-order valence-electron chi connectivity index (χ3n) is 2.79. The fraction of sp³-hybridized carbons (Fsp3) is 0.571. The van der Waals surface area contributed by atoms with E-state index in [9.17, 15) is 13.2 Å². The quantitative estimate of drug-likeness (QED) is 0.917. The largest absolute Gasteiger partial charge is 0.482 e. The van der Waals surface area contributed by atoms with E-state index in [4.69, 9.17) is 16.3 Å². The summed E-state index contributed by atoms with van der Waals surface area (Å²) in [6.07, 6.45) is -4.37. The molecule has 3 nitrogen and oxygen atoms in total. The third kappa shape index (κ3) is 6.01. The van der Waals surface area contributed by atoms with Gasteiger partial charge in [-0.15, -0.1) is 0 Å². The summed E-state index contributed by atoms with van der Waals surface area (Å²) < 4.78 is 41.2. The van der Waals surface area contributed by atoms with Gasteiger partial charge in [0.05, 0.1) is 5.02 Å². The fourth-order valence-corrected chi connectivity index (χ4v) is 2.05. The molecule has 0 amide bonds. The van der Waals surface area contributed by atoms with E-state index in [2.05, 4.69) is 10.2 Å². The molecular formula is C14H20ClF3N2O. The summed E-state index contributed by atoms with van der Waals surface area (Å²) in [4.78, 5) is 2.08. The van der Waals surface area contributed by atoms with Gasteiger partial charge in [-0.3, -0.25) is 0 Å². The highest BCUT2D eigenvalue weighted by Gasteiger charge is 2.29. The number of ether oxygens (including phenoxy) is 1. The molecule has 1 heterocycles. The Bertz CT molecular complexity index is 435. The van der Waals surface area contributed by atoms with Gasteiger partial charge < -0.3 is 15.0 Å². The van der Waals surface area contributed by atoms with Crippen LogP contribution in [0, 0.1) is 0 Å². The zero-order valence-corrected chi connectivity index (χ0v) is 12.9. The van der Waals surface area contributed by atoms with Crippen LogP contribution in [-0.2, 0) is 0 Å². The molecule has 1 aromatic rings. The molecule has 1 N–H and O–H groups in total. The van der Waals surface area contributed by atoms with Crippen molar-refractivity contribution >= 4 is 17.3 Å². The normalized spacial score (nSPS) is 15.2. The number of halogens is 4. The lowest BCUT2D eigenvalue weighted by molar-refractivity contribution is -0.153. The van der Waals surface area contributed by atoms with Gasteiger partial charge in [-0.25, -0.2) is 0 Å². The number of anilines is 1. The molecular weight excluding hydrogens is 305 g/mol. The molecule has 21 heavy (non-hydrogen) atoms. The summed E-state index contributed by atoms with van der Waals surface area (Å²) in [7, 11) is 0. The van der Waals surface area contributed by atoms with Crippen LogP contribution in [0.3, 0.4) is 0 Å². The lowest BCUT2D eigenvalue weighted by Gasteiger charge is -2.29. The van der Waals surface area contributed by atoms with E-state index in [-0.39, 0.29) is 10.8 Å². The molecule has 1 aromatic carbocycles. The number of nitrogens with one attached hydrogen (secondary N) is 1. The summed E-state index contributed by atoms with van der Waals surface area (Å²) in [5, 5.41) is 3.39. The van der Waals surface area contributed by atoms with Crippen LogP contribution in [0.25, 0.3) is 0 Å². The van der Waals surface area contributed by atoms with Gasteiger partial charge in [0.25, 0.3) is 0 Å². The number of benzene rings is 1. The first kappa shape index (κ1) is 17.9. The number of rotatable bonds is 3. The van der Waals surface area contributed by atoms with Crippen LogP contribution in [0.4, 0.5) is 18.9 Å². The van der Waals surface area contributed by atoms with Crippen molar-refractivity contribution in [3.05, 3.63) is 23.2 Å². The number of piperazine rings is 1. The molecule has 0 aromatic heterocycles. The Labute approximate surface area is 128 Å². The van der Waals surface area contributed by atoms with Crippen molar-refractivity contribution in [2.75, 3.05) is 37.7 Å². The zero-order valence-electron chi connectivity index (χ0n) is 12.1. The van der Waals surface area contributed by atoms with Crippen molar-refractivity contribution < 1.29 is 17.9 Å². The van der Waals surface area contributed by atoms with Crippen LogP contribution < -0.4 is 15.0 Å². The summed E-state index contributed by atoms with van der Waals surface area (Å²) in [5.41, 5.74) is 0.822. The van der Waals surface area contributed by atoms with E-state index >= 15 is 0 Å². The second kappa shape index (κ2) is 8.34. The highest BCUT2D eigenvalue weighted by Crippen LogP contribution is 2.31. The minimum absolute atomic E-state index is 0.0648. The maximum atomic E-state index is 12.1. The standard InChI is InChI=1S/C12H14ClF3N2O.C2H6/c13-10-2-1-9(18-5-3-17-4-6-18)7-11(10)19-8-12(14,15)16;1-2/h1-2,7,17H,3-6,8H2;1-2H3. The molecule has 0 spiro atoms. The van der Waals surface area contributed by atoms with Crippen LogP contribution in [0.5, 0.6) is 5.75 Å². The Hall–Kier alpha value is -1.14. The summed E-state index contributed by atoms with van der Waals surface area (Å²) in [6.45, 7) is 5.97. The third-order valence-corrected chi connectivity index (χ3v) is 3.10. The van der Waals surface area contributed by atoms with Gasteiger partial charge in [-0.2, -0.15) is 13.2 Å². The zero-order chi connectivity index (χ0) is 15.9. The number of hydrogen-bond donors (Lipinski definition) is 1. The molecule has 0 aliphatic carbocycles. The van der Waals surface area contributed by atoms with E-state index in [0.717, 1.165) is 31.9 Å². The molecule has 2 rings (SSSR count). The first-order valence-electron chi connectivity index (χ1n) is 6.90. The van der Waals surface area contributed by atoms with Crippen molar-refractivity contribution in [3.8, 4) is 5.75 Å². The van der Waals surface area contributed by atoms with E-state index in [1.54, 1.807) is 18.2 Å². The molecule has 1 fully saturated rings. The van der Waals surface area contributed by atoms with Crippen molar-refractivity contribution in [3.63, 3.8) is 0 Å². The average molecular weight is 325 g/mol. The number of nitrogens with zero attached hydrogens (tertiary/aromatic N) is 1. The molecule has 120 valence electrons. The Morgan fingerprint density at radius 2 is 1.86 bits per heavy atom. The van der Waals surface area contributed by atoms with Gasteiger partial charge in [0.2, 0.25) is 0 Å². The smallest absolute Gasteiger partial charge is 0.422 e. The second-order valence-corrected chi connectivity index (χ2v) is 4.66. The predicted octanol–water partition coefficient (Wildman–Crippen LogP) is 3.72. The molecule has 1 aliphatic heterocycles. The van der Waals surface area contributed by atoms with Gasteiger partial charge in [0, 0.05) is 37.9 Å². The van der Waals surface area contributed by atoms with Crippen LogP contribution >= 0.6 is 11.6 Å². The van der Waals surface area contributed by atoms with E-state index in [1.165, 1.54) is 0 Å². The van der Waals surface area contributed by atoms with Gasteiger partial charge in [-0.05, 0) is 12.1 Å². The highest BCUT2D eigenvalue weighted by molar-refractivity contribution is 6.32. The molecule has 7 heteroatoms. The summed E-state index contributed by atoms with van der Waals surface area (Å²) in [6, 6.07) is 4.90. The molecule has 1 aliphatic rings. The molecule has 0 atom stereocenters. The average Bonchev–Trinajstić information content (AvgIpc) is 2.48. The van der Waals surface area contributed by atoms with E-state index in [0.29, 0.717) is 0 Å². The van der Waals surface area contributed by atoms with E-state index in [1.807, 2.05) is 13.8 Å². The van der Waals surface area contributed by atoms with Gasteiger partial charge in [0.15, 0.2) is 6.61 Å². The predicted molar refractivity (Wildman–Crippen MR) is 79.4 cm³/mol. The second-order valence-electron chi connectivity index (χ2n) is 4.26. The van der Waals surface area contributed by atoms with Crippen molar-refractivity contribution in [1.29, 1.82) is 0 Å². The summed E-state index contributed by atoms with van der Waals surface area (Å²) in [5.74, 6) is 0.0648. The van der Waals surface area contributed by atoms with Crippen molar-refractivity contribution in [2.45, 2.75) is 20.0 Å². The van der Waals surface area contributed by atoms with Crippen LogP contribution in [-0.4, -0.2) is 39.0 Å². The number of alkyl halides is 3. The molecule has 1 saturated heterocycles. The molecule has 0 saturated carbocycles. The van der Waals surface area contributed by atoms with Crippen LogP contribution in [0.15, 0.2) is 18.2 Å². The van der Waals surface area contributed by atoms with Gasteiger partial charge in [0.1, 0.15) is 5.75 Å². The Morgan fingerprint density at radius 3 is 2.43 bits per heavy atom. The minimum Gasteiger partial charge on any atom is -0.482 e. The maximum Gasteiger partial charge on any atom is 0.422 e. The topological polar surface area (TPSA) is 24.5 Å². The van der Waals surface area contributed by atoms with Crippen molar-refractivity contribution in [1.82, 2.24) is 5.32 Å². The lowest BCUT2D eigenvalue weighted by Crippen LogP contribution is -2.43. The van der Waals surface area contributed by atoms with Crippen LogP contribution in [0.2, 0.25) is 5.02 Å². The van der Waals surface area contributed by atoms with Crippen LogP contribution in [0.1, 0.15) is 13.8 Å². The lowest BCUT2D eigenvalue weighted by atomic mass is 10.2. The van der Waals surface area contributed by atoms with Gasteiger partial charge in [-0.1, -0.05) is 25.4 Å². The maximum absolute atomic E-state index is 12.1.